The van der Waals surface area contributed by atoms with Gasteiger partial charge in [-0.3, -0.25) is 0 Å². The Labute approximate surface area is 69.2 Å². The molecule has 0 fully saturated rings. The number of hydrogen-bond donors (Lipinski definition) is 2. The summed E-state index contributed by atoms with van der Waals surface area (Å²) in [5.41, 5.74) is 4.69. The van der Waals surface area contributed by atoms with Crippen molar-refractivity contribution in [3.05, 3.63) is 0 Å². The summed E-state index contributed by atoms with van der Waals surface area (Å²) in [6.45, 7) is 3.14. The van der Waals surface area contributed by atoms with Gasteiger partial charge in [0.2, 0.25) is 0 Å². The second-order valence-corrected chi connectivity index (χ2v) is 3.61. The molecule has 3 nitrogen and oxygen atoms in total. The molecule has 0 aliphatic rings. The molecule has 0 aromatic rings. The summed E-state index contributed by atoms with van der Waals surface area (Å²) in [5.74, 6) is 0. The van der Waals surface area contributed by atoms with Crippen LogP contribution >= 0.6 is 0 Å². The van der Waals surface area contributed by atoms with Crippen LogP contribution in [0.25, 0.3) is 0 Å². The first-order valence-electron chi connectivity index (χ1n) is 4.05. The van der Waals surface area contributed by atoms with Gasteiger partial charge in [-0.2, -0.15) is 0 Å². The summed E-state index contributed by atoms with van der Waals surface area (Å²) in [4.78, 5) is 2.10. The van der Waals surface area contributed by atoms with Crippen LogP contribution in [0.1, 0.15) is 19.8 Å². The van der Waals surface area contributed by atoms with E-state index in [-0.39, 0.29) is 0 Å². The minimum atomic E-state index is -0.671. The molecule has 0 amide bonds. The second-order valence-electron chi connectivity index (χ2n) is 3.61. The summed E-state index contributed by atoms with van der Waals surface area (Å²) in [7, 11) is 4.05. The molecule has 0 saturated carbocycles. The largest absolute Gasteiger partial charge is 0.389 e. The molecule has 11 heavy (non-hydrogen) atoms. The van der Waals surface area contributed by atoms with Gasteiger partial charge in [-0.05, 0) is 40.4 Å². The Hall–Kier alpha value is -0.120. The fourth-order valence-electron chi connectivity index (χ4n) is 0.878. The maximum absolute atomic E-state index is 9.49. The quantitative estimate of drug-likeness (QED) is 0.597. The third kappa shape index (κ3) is 6.28. The number of rotatable bonds is 5. The van der Waals surface area contributed by atoms with Crippen molar-refractivity contribution in [3.8, 4) is 0 Å². The van der Waals surface area contributed by atoms with Gasteiger partial charge in [0.25, 0.3) is 0 Å². The van der Waals surface area contributed by atoms with Gasteiger partial charge in [-0.15, -0.1) is 0 Å². The first-order chi connectivity index (χ1) is 4.98. The van der Waals surface area contributed by atoms with Crippen molar-refractivity contribution in [3.63, 3.8) is 0 Å². The lowest BCUT2D eigenvalue weighted by molar-refractivity contribution is 0.0559. The van der Waals surface area contributed by atoms with Crippen LogP contribution in [0.5, 0.6) is 0 Å². The summed E-state index contributed by atoms with van der Waals surface area (Å²) in [5, 5.41) is 9.49. The van der Waals surface area contributed by atoms with E-state index in [1.807, 2.05) is 14.1 Å². The Morgan fingerprint density at radius 3 is 2.36 bits per heavy atom. The van der Waals surface area contributed by atoms with Crippen LogP contribution in [0.15, 0.2) is 0 Å². The van der Waals surface area contributed by atoms with Crippen LogP contribution in [0, 0.1) is 0 Å². The van der Waals surface area contributed by atoms with Gasteiger partial charge in [0.15, 0.2) is 0 Å². The van der Waals surface area contributed by atoms with E-state index in [2.05, 4.69) is 4.90 Å². The Kier molecular flexibility index (Phi) is 4.65. The molecule has 1 unspecified atom stereocenters. The summed E-state index contributed by atoms with van der Waals surface area (Å²) < 4.78 is 0. The van der Waals surface area contributed by atoms with Crippen LogP contribution < -0.4 is 5.73 Å². The zero-order valence-electron chi connectivity index (χ0n) is 7.80. The maximum Gasteiger partial charge on any atom is 0.0741 e. The third-order valence-corrected chi connectivity index (χ3v) is 1.76. The van der Waals surface area contributed by atoms with Crippen molar-refractivity contribution in [2.45, 2.75) is 25.4 Å². The van der Waals surface area contributed by atoms with E-state index < -0.39 is 5.60 Å². The molecule has 0 rings (SSSR count). The molecule has 0 spiro atoms. The van der Waals surface area contributed by atoms with Gasteiger partial charge in [0, 0.05) is 6.54 Å². The lowest BCUT2D eigenvalue weighted by Gasteiger charge is -2.21. The number of nitrogens with zero attached hydrogens (tertiary/aromatic N) is 1. The lowest BCUT2D eigenvalue weighted by atomic mass is 10.0. The van der Waals surface area contributed by atoms with Gasteiger partial charge >= 0.3 is 0 Å². The third-order valence-electron chi connectivity index (χ3n) is 1.76. The van der Waals surface area contributed by atoms with E-state index in [0.717, 1.165) is 19.4 Å². The molecule has 0 heterocycles. The van der Waals surface area contributed by atoms with Crippen molar-refractivity contribution in [2.24, 2.45) is 5.73 Å². The molecule has 0 bridgehead atoms. The lowest BCUT2D eigenvalue weighted by Crippen LogP contribution is -2.34. The molecule has 0 aromatic carbocycles. The monoisotopic (exact) mass is 160 g/mol. The van der Waals surface area contributed by atoms with Crippen molar-refractivity contribution in [1.82, 2.24) is 4.90 Å². The van der Waals surface area contributed by atoms with Gasteiger partial charge in [0.05, 0.1) is 5.60 Å². The molecule has 0 saturated heterocycles. The molecule has 1 atom stereocenters. The molecular weight excluding hydrogens is 140 g/mol. The van der Waals surface area contributed by atoms with E-state index in [1.165, 1.54) is 0 Å². The highest BCUT2D eigenvalue weighted by molar-refractivity contribution is 4.72. The average molecular weight is 160 g/mol. The van der Waals surface area contributed by atoms with E-state index >= 15 is 0 Å². The molecule has 0 aromatic heterocycles. The van der Waals surface area contributed by atoms with E-state index in [1.54, 1.807) is 6.92 Å². The van der Waals surface area contributed by atoms with Gasteiger partial charge in [-0.25, -0.2) is 0 Å². The number of hydrogen-bond acceptors (Lipinski definition) is 3. The molecule has 0 radical (unpaired) electrons. The molecule has 68 valence electrons. The van der Waals surface area contributed by atoms with Crippen LogP contribution in [0.3, 0.4) is 0 Å². The molecular formula is C8H20N2O. The summed E-state index contributed by atoms with van der Waals surface area (Å²) in [6, 6.07) is 0. The zero-order valence-corrected chi connectivity index (χ0v) is 7.80. The molecule has 0 aliphatic carbocycles. The predicted octanol–water partition coefficient (Wildman–Crippen LogP) is 0.0379. The topological polar surface area (TPSA) is 49.5 Å². The fraction of sp³-hybridized carbons (Fsp3) is 1.00. The molecule has 3 N–H and O–H groups in total. The first-order valence-corrected chi connectivity index (χ1v) is 4.05. The fourth-order valence-corrected chi connectivity index (χ4v) is 0.878. The van der Waals surface area contributed by atoms with Crippen molar-refractivity contribution in [1.29, 1.82) is 0 Å². The van der Waals surface area contributed by atoms with E-state index in [9.17, 15) is 5.11 Å². The van der Waals surface area contributed by atoms with Crippen molar-refractivity contribution in [2.75, 3.05) is 27.2 Å². The van der Waals surface area contributed by atoms with Gasteiger partial charge in [0.1, 0.15) is 0 Å². The predicted molar refractivity (Wildman–Crippen MR) is 47.5 cm³/mol. The van der Waals surface area contributed by atoms with Crippen LogP contribution in [0.4, 0.5) is 0 Å². The minimum Gasteiger partial charge on any atom is -0.389 e. The van der Waals surface area contributed by atoms with Crippen LogP contribution in [-0.4, -0.2) is 42.8 Å². The van der Waals surface area contributed by atoms with E-state index in [0.29, 0.717) is 6.54 Å². The molecule has 3 heteroatoms. The Morgan fingerprint density at radius 2 is 2.00 bits per heavy atom. The zero-order chi connectivity index (χ0) is 8.91. The highest BCUT2D eigenvalue weighted by atomic mass is 16.3. The Morgan fingerprint density at radius 1 is 1.45 bits per heavy atom. The van der Waals surface area contributed by atoms with Crippen molar-refractivity contribution < 1.29 is 5.11 Å². The smallest absolute Gasteiger partial charge is 0.0741 e. The average Bonchev–Trinajstić information content (AvgIpc) is 1.87. The second kappa shape index (κ2) is 4.70. The Bertz CT molecular complexity index is 102. The first kappa shape index (κ1) is 10.9. The standard InChI is InChI=1S/C8H20N2O/c1-8(11,7-9)5-4-6-10(2)3/h11H,4-7,9H2,1-3H3. The summed E-state index contributed by atoms with van der Waals surface area (Å²) >= 11 is 0. The Balaban J connectivity index is 3.38. The molecule has 0 aliphatic heterocycles. The summed E-state index contributed by atoms with van der Waals surface area (Å²) in [6.07, 6.45) is 1.78. The van der Waals surface area contributed by atoms with Gasteiger partial charge < -0.3 is 15.7 Å². The highest BCUT2D eigenvalue weighted by Gasteiger charge is 2.16. The van der Waals surface area contributed by atoms with Crippen LogP contribution in [-0.2, 0) is 0 Å². The van der Waals surface area contributed by atoms with Crippen LogP contribution in [0.2, 0.25) is 0 Å². The normalized spacial score (nSPS) is 16.9. The minimum absolute atomic E-state index is 0.348. The van der Waals surface area contributed by atoms with Crippen molar-refractivity contribution >= 4 is 0 Å². The maximum atomic E-state index is 9.49. The highest BCUT2D eigenvalue weighted by Crippen LogP contribution is 2.09. The number of aliphatic hydroxyl groups is 1. The van der Waals surface area contributed by atoms with Gasteiger partial charge in [-0.1, -0.05) is 0 Å². The SMILES string of the molecule is CN(C)CCCC(C)(O)CN. The number of nitrogens with two attached hydrogens (primary N) is 1. The van der Waals surface area contributed by atoms with E-state index in [4.69, 9.17) is 5.73 Å².